The number of rotatable bonds is 5. The van der Waals surface area contributed by atoms with Gasteiger partial charge in [0.1, 0.15) is 5.75 Å². The van der Waals surface area contributed by atoms with Gasteiger partial charge >= 0.3 is 0 Å². The van der Waals surface area contributed by atoms with Crippen molar-refractivity contribution in [3.63, 3.8) is 0 Å². The van der Waals surface area contributed by atoms with Crippen molar-refractivity contribution in [3.8, 4) is 5.75 Å². The lowest BCUT2D eigenvalue weighted by Gasteiger charge is -2.03. The van der Waals surface area contributed by atoms with Gasteiger partial charge in [-0.3, -0.25) is 4.79 Å². The number of hydrogen-bond donors (Lipinski definition) is 1. The van der Waals surface area contributed by atoms with Gasteiger partial charge in [-0.15, -0.1) is 0 Å². The summed E-state index contributed by atoms with van der Waals surface area (Å²) in [5.74, 6) is 0.548. The number of nitrogens with one attached hydrogen (secondary N) is 1. The molecule has 0 heterocycles. The van der Waals surface area contributed by atoms with Gasteiger partial charge in [0.2, 0.25) is 5.91 Å². The third-order valence-electron chi connectivity index (χ3n) is 2.81. The molecule has 0 spiro atoms. The first-order valence-corrected chi connectivity index (χ1v) is 7.17. The van der Waals surface area contributed by atoms with Crippen LogP contribution in [0.2, 0.25) is 0 Å². The summed E-state index contributed by atoms with van der Waals surface area (Å²) in [7, 11) is 1.60. The maximum absolute atomic E-state index is 11.8. The summed E-state index contributed by atoms with van der Waals surface area (Å²) in [5.41, 5.74) is 4.25. The second kappa shape index (κ2) is 7.59. The quantitative estimate of drug-likeness (QED) is 0.667. The molecule has 0 saturated carbocycles. The van der Waals surface area contributed by atoms with Crippen molar-refractivity contribution in [2.24, 2.45) is 5.10 Å². The van der Waals surface area contributed by atoms with Gasteiger partial charge < -0.3 is 4.74 Å². The second-order valence-corrected chi connectivity index (χ2v) is 5.25. The predicted molar refractivity (Wildman–Crippen MR) is 86.6 cm³/mol. The van der Waals surface area contributed by atoms with Gasteiger partial charge in [0.05, 0.1) is 19.7 Å². The van der Waals surface area contributed by atoms with Gasteiger partial charge in [-0.1, -0.05) is 40.2 Å². The number of methoxy groups -OCH3 is 1. The molecule has 0 unspecified atom stereocenters. The van der Waals surface area contributed by atoms with E-state index in [4.69, 9.17) is 4.74 Å². The zero-order valence-electron chi connectivity index (χ0n) is 11.5. The van der Waals surface area contributed by atoms with Crippen molar-refractivity contribution < 1.29 is 9.53 Å². The molecule has 0 atom stereocenters. The van der Waals surface area contributed by atoms with E-state index in [9.17, 15) is 4.79 Å². The first-order valence-electron chi connectivity index (χ1n) is 6.38. The number of hydrogen-bond acceptors (Lipinski definition) is 3. The van der Waals surface area contributed by atoms with Gasteiger partial charge in [-0.2, -0.15) is 5.10 Å². The van der Waals surface area contributed by atoms with Crippen molar-refractivity contribution in [1.29, 1.82) is 0 Å². The summed E-state index contributed by atoms with van der Waals surface area (Å²) < 4.78 is 6.19. The summed E-state index contributed by atoms with van der Waals surface area (Å²) in [5, 5.41) is 3.95. The van der Waals surface area contributed by atoms with Gasteiger partial charge in [0, 0.05) is 10.0 Å². The van der Waals surface area contributed by atoms with Crippen LogP contribution in [0.1, 0.15) is 11.1 Å². The molecule has 0 radical (unpaired) electrons. The molecule has 0 fully saturated rings. The Hall–Kier alpha value is -2.14. The van der Waals surface area contributed by atoms with Crippen LogP contribution in [-0.2, 0) is 11.2 Å². The van der Waals surface area contributed by atoms with Crippen molar-refractivity contribution in [2.45, 2.75) is 6.42 Å². The number of hydrazone groups is 1. The van der Waals surface area contributed by atoms with E-state index in [-0.39, 0.29) is 12.3 Å². The molecule has 0 saturated heterocycles. The van der Waals surface area contributed by atoms with Gasteiger partial charge in [-0.25, -0.2) is 5.43 Å². The minimum absolute atomic E-state index is 0.163. The lowest BCUT2D eigenvalue weighted by molar-refractivity contribution is -0.120. The molecule has 0 bridgehead atoms. The summed E-state index contributed by atoms with van der Waals surface area (Å²) in [6, 6.07) is 15.1. The number of ether oxygens (including phenoxy) is 1. The first kappa shape index (κ1) is 15.3. The Morgan fingerprint density at radius 2 is 1.95 bits per heavy atom. The molecule has 0 aliphatic heterocycles. The highest BCUT2D eigenvalue weighted by atomic mass is 79.9. The van der Waals surface area contributed by atoms with Crippen LogP contribution in [-0.4, -0.2) is 19.2 Å². The zero-order valence-corrected chi connectivity index (χ0v) is 13.1. The fourth-order valence-corrected chi connectivity index (χ4v) is 2.04. The van der Waals surface area contributed by atoms with Crippen LogP contribution in [0.5, 0.6) is 5.75 Å². The largest absolute Gasteiger partial charge is 0.496 e. The van der Waals surface area contributed by atoms with E-state index in [2.05, 4.69) is 26.5 Å². The highest BCUT2D eigenvalue weighted by Crippen LogP contribution is 2.14. The molecular weight excluding hydrogens is 332 g/mol. The molecule has 2 aromatic rings. The summed E-state index contributed by atoms with van der Waals surface area (Å²) in [6.07, 6.45) is 1.86. The molecule has 21 heavy (non-hydrogen) atoms. The van der Waals surface area contributed by atoms with Crippen LogP contribution >= 0.6 is 15.9 Å². The number of carbonyl (C=O) groups excluding carboxylic acids is 1. The number of halogens is 1. The highest BCUT2D eigenvalue weighted by Gasteiger charge is 2.02. The topological polar surface area (TPSA) is 50.7 Å². The van der Waals surface area contributed by atoms with Gasteiger partial charge in [0.25, 0.3) is 0 Å². The van der Waals surface area contributed by atoms with Crippen LogP contribution in [0.3, 0.4) is 0 Å². The number of nitrogens with zero attached hydrogens (tertiary/aromatic N) is 1. The minimum atomic E-state index is -0.163. The highest BCUT2D eigenvalue weighted by molar-refractivity contribution is 9.10. The Morgan fingerprint density at radius 1 is 1.24 bits per heavy atom. The predicted octanol–water partition coefficient (Wildman–Crippen LogP) is 3.15. The third-order valence-corrected chi connectivity index (χ3v) is 3.34. The Labute approximate surface area is 132 Å². The monoisotopic (exact) mass is 346 g/mol. The standard InChI is InChI=1S/C16H15BrN2O2/c1-21-15-5-3-2-4-13(15)11-18-19-16(20)10-12-6-8-14(17)9-7-12/h2-9,11H,10H2,1H3,(H,19,20)/b18-11-. The maximum atomic E-state index is 11.8. The third kappa shape index (κ3) is 4.72. The van der Waals surface area contributed by atoms with Crippen molar-refractivity contribution in [1.82, 2.24) is 5.43 Å². The molecule has 0 aromatic heterocycles. The Balaban J connectivity index is 1.91. The van der Waals surface area contributed by atoms with Crippen LogP contribution in [0.4, 0.5) is 0 Å². The normalized spacial score (nSPS) is 10.6. The fourth-order valence-electron chi connectivity index (χ4n) is 1.77. The minimum Gasteiger partial charge on any atom is -0.496 e. The molecule has 0 aliphatic rings. The van der Waals surface area contributed by atoms with Crippen molar-refractivity contribution >= 4 is 28.1 Å². The van der Waals surface area contributed by atoms with Crippen LogP contribution in [0.25, 0.3) is 0 Å². The maximum Gasteiger partial charge on any atom is 0.244 e. The summed E-state index contributed by atoms with van der Waals surface area (Å²) in [6.45, 7) is 0. The molecule has 4 nitrogen and oxygen atoms in total. The SMILES string of the molecule is COc1ccccc1/C=N\NC(=O)Cc1ccc(Br)cc1. The zero-order chi connectivity index (χ0) is 15.1. The second-order valence-electron chi connectivity index (χ2n) is 4.34. The molecule has 5 heteroatoms. The fraction of sp³-hybridized carbons (Fsp3) is 0.125. The van der Waals surface area contributed by atoms with E-state index in [0.717, 1.165) is 15.6 Å². The van der Waals surface area contributed by atoms with E-state index in [1.165, 1.54) is 0 Å². The molecule has 2 aromatic carbocycles. The smallest absolute Gasteiger partial charge is 0.244 e. The Morgan fingerprint density at radius 3 is 2.67 bits per heavy atom. The van der Waals surface area contributed by atoms with Gasteiger partial charge in [-0.05, 0) is 29.8 Å². The summed E-state index contributed by atoms with van der Waals surface area (Å²) in [4.78, 5) is 11.8. The molecular formula is C16H15BrN2O2. The first-order chi connectivity index (χ1) is 10.2. The Kier molecular flexibility index (Phi) is 5.51. The number of para-hydroxylation sites is 1. The number of carbonyl (C=O) groups is 1. The van der Waals surface area contributed by atoms with E-state index in [0.29, 0.717) is 5.75 Å². The van der Waals surface area contributed by atoms with Crippen LogP contribution in [0, 0.1) is 0 Å². The average molecular weight is 347 g/mol. The van der Waals surface area contributed by atoms with E-state index in [1.54, 1.807) is 13.3 Å². The lowest BCUT2D eigenvalue weighted by atomic mass is 10.1. The molecule has 2 rings (SSSR count). The average Bonchev–Trinajstić information content (AvgIpc) is 2.50. The molecule has 0 aliphatic carbocycles. The van der Waals surface area contributed by atoms with E-state index < -0.39 is 0 Å². The number of amides is 1. The Bertz CT molecular complexity index is 639. The molecule has 1 N–H and O–H groups in total. The van der Waals surface area contributed by atoms with Crippen molar-refractivity contribution in [2.75, 3.05) is 7.11 Å². The van der Waals surface area contributed by atoms with Gasteiger partial charge in [0.15, 0.2) is 0 Å². The molecule has 108 valence electrons. The molecule has 1 amide bonds. The van der Waals surface area contributed by atoms with Crippen LogP contribution in [0.15, 0.2) is 58.1 Å². The van der Waals surface area contributed by atoms with Crippen molar-refractivity contribution in [3.05, 3.63) is 64.1 Å². The lowest BCUT2D eigenvalue weighted by Crippen LogP contribution is -2.19. The van der Waals surface area contributed by atoms with E-state index in [1.807, 2.05) is 48.5 Å². The van der Waals surface area contributed by atoms with Crippen LogP contribution < -0.4 is 10.2 Å². The van der Waals surface area contributed by atoms with E-state index >= 15 is 0 Å². The number of benzene rings is 2. The summed E-state index contributed by atoms with van der Waals surface area (Å²) >= 11 is 3.36.